The van der Waals surface area contributed by atoms with Gasteiger partial charge in [0.1, 0.15) is 5.75 Å². The number of carboxylic acid groups (broad SMARTS) is 1. The Kier molecular flexibility index (Phi) is 5.96. The first-order valence-electron chi connectivity index (χ1n) is 6.21. The Morgan fingerprint density at radius 3 is 2.76 bits per heavy atom. The van der Waals surface area contributed by atoms with Gasteiger partial charge < -0.3 is 14.7 Å². The van der Waals surface area contributed by atoms with Crippen molar-refractivity contribution in [1.29, 1.82) is 5.26 Å². The average molecular weight is 288 g/mol. The molecule has 6 heteroatoms. The molecule has 0 saturated carbocycles. The van der Waals surface area contributed by atoms with Crippen LogP contribution in [0.3, 0.4) is 0 Å². The topological polar surface area (TPSA) is 90.6 Å². The second-order valence-corrected chi connectivity index (χ2v) is 4.26. The summed E-state index contributed by atoms with van der Waals surface area (Å²) in [4.78, 5) is 24.2. The number of nitrogens with zero attached hydrogens (tertiary/aromatic N) is 2. The van der Waals surface area contributed by atoms with Gasteiger partial charge >= 0.3 is 5.97 Å². The van der Waals surface area contributed by atoms with E-state index in [1.165, 1.54) is 18.1 Å². The highest BCUT2D eigenvalue weighted by molar-refractivity contribution is 5.95. The molecule has 0 unspecified atom stereocenters. The molecule has 1 N–H and O–H groups in total. The van der Waals surface area contributed by atoms with Gasteiger partial charge in [0.05, 0.1) is 19.6 Å². The number of rotatable bonds is 6. The van der Waals surface area contributed by atoms with Crippen LogP contribution in [0.5, 0.6) is 5.75 Å². The predicted octanol–water partition coefficient (Wildman–Crippen LogP) is 1.78. The van der Waals surface area contributed by atoms with E-state index in [9.17, 15) is 9.59 Å². The molecule has 1 aromatic carbocycles. The Morgan fingerprint density at radius 2 is 2.19 bits per heavy atom. The van der Waals surface area contributed by atoms with Crippen molar-refractivity contribution in [2.75, 3.05) is 20.7 Å². The molecule has 0 heterocycles. The number of ether oxygens (including phenoxy) is 1. The predicted molar refractivity (Wildman–Crippen MR) is 76.9 cm³/mol. The average Bonchev–Trinajstić information content (AvgIpc) is 2.49. The number of carbonyl (C=O) groups excluding carboxylic acids is 1. The smallest absolute Gasteiger partial charge is 0.328 e. The molecule has 1 aromatic rings. The van der Waals surface area contributed by atoms with Crippen LogP contribution < -0.4 is 4.74 Å². The third-order valence-corrected chi connectivity index (χ3v) is 2.79. The first-order valence-corrected chi connectivity index (χ1v) is 6.21. The molecule has 0 aliphatic rings. The molecule has 0 aliphatic carbocycles. The van der Waals surface area contributed by atoms with Crippen molar-refractivity contribution in [3.8, 4) is 11.8 Å². The summed E-state index contributed by atoms with van der Waals surface area (Å²) in [7, 11) is 3.07. The van der Waals surface area contributed by atoms with Crippen LogP contribution in [0, 0.1) is 11.3 Å². The van der Waals surface area contributed by atoms with Gasteiger partial charge in [0.25, 0.3) is 5.91 Å². The highest BCUT2D eigenvalue weighted by Crippen LogP contribution is 2.22. The van der Waals surface area contributed by atoms with Gasteiger partial charge in [0.2, 0.25) is 0 Å². The molecular formula is C15H16N2O4. The Balaban J connectivity index is 3.04. The van der Waals surface area contributed by atoms with Gasteiger partial charge in [-0.25, -0.2) is 4.79 Å². The molecule has 0 aromatic heterocycles. The summed E-state index contributed by atoms with van der Waals surface area (Å²) in [6.07, 6.45) is 2.60. The van der Waals surface area contributed by atoms with Crippen LogP contribution in [0.4, 0.5) is 0 Å². The van der Waals surface area contributed by atoms with Crippen LogP contribution >= 0.6 is 0 Å². The summed E-state index contributed by atoms with van der Waals surface area (Å²) in [5, 5.41) is 17.2. The molecule has 0 bridgehead atoms. The molecule has 1 amide bonds. The first kappa shape index (κ1) is 16.2. The molecule has 0 spiro atoms. The maximum Gasteiger partial charge on any atom is 0.328 e. The maximum absolute atomic E-state index is 12.2. The van der Waals surface area contributed by atoms with E-state index in [0.29, 0.717) is 23.4 Å². The van der Waals surface area contributed by atoms with Gasteiger partial charge in [-0.05, 0) is 24.3 Å². The number of benzene rings is 1. The minimum absolute atomic E-state index is 0.238. The zero-order valence-corrected chi connectivity index (χ0v) is 11.9. The summed E-state index contributed by atoms with van der Waals surface area (Å²) in [5.74, 6) is -0.846. The molecule has 6 nitrogen and oxygen atoms in total. The molecule has 0 radical (unpaired) electrons. The fourth-order valence-electron chi connectivity index (χ4n) is 1.70. The minimum atomic E-state index is -1.08. The van der Waals surface area contributed by atoms with Gasteiger partial charge in [-0.3, -0.25) is 4.79 Å². The normalized spacial score (nSPS) is 10.1. The van der Waals surface area contributed by atoms with Crippen molar-refractivity contribution in [1.82, 2.24) is 4.90 Å². The monoisotopic (exact) mass is 288 g/mol. The fraction of sp³-hybridized carbons (Fsp3) is 0.267. The number of methoxy groups -OCH3 is 1. The second kappa shape index (κ2) is 7.70. The van der Waals surface area contributed by atoms with Gasteiger partial charge in [0.15, 0.2) is 0 Å². The number of hydrogen-bond acceptors (Lipinski definition) is 4. The van der Waals surface area contributed by atoms with Crippen LogP contribution in [0.2, 0.25) is 0 Å². The number of nitriles is 1. The van der Waals surface area contributed by atoms with Crippen molar-refractivity contribution in [2.45, 2.75) is 6.42 Å². The van der Waals surface area contributed by atoms with Crippen LogP contribution in [-0.2, 0) is 4.79 Å². The van der Waals surface area contributed by atoms with E-state index in [4.69, 9.17) is 15.1 Å². The van der Waals surface area contributed by atoms with Crippen molar-refractivity contribution in [3.63, 3.8) is 0 Å². The van der Waals surface area contributed by atoms with Crippen molar-refractivity contribution in [3.05, 3.63) is 35.4 Å². The van der Waals surface area contributed by atoms with Gasteiger partial charge in [-0.2, -0.15) is 5.26 Å². The van der Waals surface area contributed by atoms with Crippen molar-refractivity contribution in [2.24, 2.45) is 0 Å². The fourth-order valence-corrected chi connectivity index (χ4v) is 1.70. The Morgan fingerprint density at radius 1 is 1.48 bits per heavy atom. The summed E-state index contributed by atoms with van der Waals surface area (Å²) >= 11 is 0. The zero-order valence-electron chi connectivity index (χ0n) is 11.9. The number of carboxylic acids is 1. The molecule has 0 atom stereocenters. The van der Waals surface area contributed by atoms with E-state index in [-0.39, 0.29) is 12.3 Å². The minimum Gasteiger partial charge on any atom is -0.496 e. The summed E-state index contributed by atoms with van der Waals surface area (Å²) in [5.41, 5.74) is 0.903. The molecule has 0 aliphatic heterocycles. The Labute approximate surface area is 122 Å². The van der Waals surface area contributed by atoms with E-state index in [1.807, 2.05) is 6.07 Å². The van der Waals surface area contributed by atoms with E-state index in [2.05, 4.69) is 0 Å². The lowest BCUT2D eigenvalue weighted by Gasteiger charge is -2.16. The van der Waals surface area contributed by atoms with E-state index >= 15 is 0 Å². The summed E-state index contributed by atoms with van der Waals surface area (Å²) in [6, 6.07) is 6.74. The first-order chi connectivity index (χ1) is 9.99. The second-order valence-electron chi connectivity index (χ2n) is 4.26. The number of amides is 1. The zero-order chi connectivity index (χ0) is 15.8. The van der Waals surface area contributed by atoms with Crippen LogP contribution in [-0.4, -0.2) is 42.6 Å². The van der Waals surface area contributed by atoms with Crippen LogP contribution in [0.15, 0.2) is 24.3 Å². The number of carbonyl (C=O) groups is 2. The lowest BCUT2D eigenvalue weighted by molar-refractivity contribution is -0.131. The van der Waals surface area contributed by atoms with Crippen LogP contribution in [0.25, 0.3) is 6.08 Å². The summed E-state index contributed by atoms with van der Waals surface area (Å²) < 4.78 is 5.13. The molecule has 110 valence electrons. The van der Waals surface area contributed by atoms with Gasteiger partial charge in [-0.1, -0.05) is 0 Å². The van der Waals surface area contributed by atoms with Gasteiger partial charge in [-0.15, -0.1) is 0 Å². The molecule has 21 heavy (non-hydrogen) atoms. The van der Waals surface area contributed by atoms with Crippen LogP contribution in [0.1, 0.15) is 22.3 Å². The SMILES string of the molecule is COc1ccc(C(=O)N(C)CCC#N)cc1C=CC(=O)O. The largest absolute Gasteiger partial charge is 0.496 e. The highest BCUT2D eigenvalue weighted by Gasteiger charge is 2.13. The lowest BCUT2D eigenvalue weighted by Crippen LogP contribution is -2.27. The Hall–Kier alpha value is -2.81. The molecule has 1 rings (SSSR count). The van der Waals surface area contributed by atoms with Gasteiger partial charge in [0, 0.05) is 30.8 Å². The molecule has 0 saturated heterocycles. The maximum atomic E-state index is 12.2. The van der Waals surface area contributed by atoms with E-state index in [0.717, 1.165) is 6.08 Å². The standard InChI is InChI=1S/C15H16N2O4/c1-17(9-3-8-16)15(20)12-4-6-13(21-2)11(10-12)5-7-14(18)19/h4-7,10H,3,9H2,1-2H3,(H,18,19). The quantitative estimate of drug-likeness (QED) is 0.806. The van der Waals surface area contributed by atoms with E-state index in [1.54, 1.807) is 25.2 Å². The number of hydrogen-bond donors (Lipinski definition) is 1. The lowest BCUT2D eigenvalue weighted by atomic mass is 10.1. The Bertz CT molecular complexity index is 602. The molecule has 0 fully saturated rings. The molecular weight excluding hydrogens is 272 g/mol. The van der Waals surface area contributed by atoms with Crippen molar-refractivity contribution >= 4 is 18.0 Å². The highest BCUT2D eigenvalue weighted by atomic mass is 16.5. The van der Waals surface area contributed by atoms with E-state index < -0.39 is 5.97 Å². The summed E-state index contributed by atoms with van der Waals surface area (Å²) in [6.45, 7) is 0.335. The third-order valence-electron chi connectivity index (χ3n) is 2.79. The number of aliphatic carboxylic acids is 1. The third kappa shape index (κ3) is 4.66. The van der Waals surface area contributed by atoms with Crippen molar-refractivity contribution < 1.29 is 19.4 Å².